The van der Waals surface area contributed by atoms with Crippen molar-refractivity contribution in [3.8, 4) is 0 Å². The SMILES string of the molecule is CCC1CCC(Br)CC1c1ccnn1C. The predicted molar refractivity (Wildman–Crippen MR) is 66.3 cm³/mol. The molecule has 3 unspecified atom stereocenters. The molecule has 1 aromatic rings. The molecule has 1 aromatic heterocycles. The molecule has 2 nitrogen and oxygen atoms in total. The first-order valence-electron chi connectivity index (χ1n) is 5.84. The van der Waals surface area contributed by atoms with Crippen molar-refractivity contribution < 1.29 is 0 Å². The molecular formula is C12H19BrN2. The highest BCUT2D eigenvalue weighted by Crippen LogP contribution is 2.41. The molecule has 1 heterocycles. The highest BCUT2D eigenvalue weighted by atomic mass is 79.9. The van der Waals surface area contributed by atoms with Crippen LogP contribution in [0.1, 0.15) is 44.2 Å². The van der Waals surface area contributed by atoms with Gasteiger partial charge in [-0.2, -0.15) is 5.10 Å². The summed E-state index contributed by atoms with van der Waals surface area (Å²) in [6.45, 7) is 2.31. The number of rotatable bonds is 2. The zero-order valence-electron chi connectivity index (χ0n) is 9.49. The van der Waals surface area contributed by atoms with Crippen molar-refractivity contribution in [1.82, 2.24) is 9.78 Å². The van der Waals surface area contributed by atoms with E-state index in [9.17, 15) is 0 Å². The van der Waals surface area contributed by atoms with E-state index in [2.05, 4.69) is 41.1 Å². The molecule has 1 aliphatic carbocycles. The van der Waals surface area contributed by atoms with E-state index in [1.807, 2.05) is 10.9 Å². The molecule has 2 rings (SSSR count). The molecule has 0 saturated heterocycles. The van der Waals surface area contributed by atoms with Crippen molar-refractivity contribution in [3.05, 3.63) is 18.0 Å². The normalized spacial score (nSPS) is 31.8. The van der Waals surface area contributed by atoms with Crippen molar-refractivity contribution in [1.29, 1.82) is 0 Å². The van der Waals surface area contributed by atoms with Gasteiger partial charge < -0.3 is 0 Å². The van der Waals surface area contributed by atoms with E-state index in [0.717, 1.165) is 5.92 Å². The average Bonchev–Trinajstić information content (AvgIpc) is 2.64. The fraction of sp³-hybridized carbons (Fsp3) is 0.750. The highest BCUT2D eigenvalue weighted by Gasteiger charge is 2.30. The number of alkyl halides is 1. The lowest BCUT2D eigenvalue weighted by atomic mass is 9.76. The average molecular weight is 271 g/mol. The van der Waals surface area contributed by atoms with Crippen LogP contribution in [0.25, 0.3) is 0 Å². The molecule has 1 saturated carbocycles. The number of halogens is 1. The lowest BCUT2D eigenvalue weighted by Crippen LogP contribution is -2.24. The molecule has 84 valence electrons. The molecule has 3 heteroatoms. The van der Waals surface area contributed by atoms with Crippen LogP contribution in [0.15, 0.2) is 12.3 Å². The third-order valence-corrected chi connectivity index (χ3v) is 4.52. The van der Waals surface area contributed by atoms with Crippen LogP contribution < -0.4 is 0 Å². The number of nitrogens with zero attached hydrogens (tertiary/aromatic N) is 2. The molecule has 0 bridgehead atoms. The van der Waals surface area contributed by atoms with Crippen molar-refractivity contribution in [2.75, 3.05) is 0 Å². The fourth-order valence-corrected chi connectivity index (χ4v) is 3.45. The smallest absolute Gasteiger partial charge is 0.0492 e. The monoisotopic (exact) mass is 270 g/mol. The summed E-state index contributed by atoms with van der Waals surface area (Å²) in [6.07, 6.45) is 7.14. The van der Waals surface area contributed by atoms with Gasteiger partial charge in [0.1, 0.15) is 0 Å². The predicted octanol–water partition coefficient (Wildman–Crippen LogP) is 3.48. The summed E-state index contributed by atoms with van der Waals surface area (Å²) in [7, 11) is 2.06. The Labute approximate surface area is 100 Å². The van der Waals surface area contributed by atoms with Crippen LogP contribution in [0.3, 0.4) is 0 Å². The molecule has 15 heavy (non-hydrogen) atoms. The minimum atomic E-state index is 0.695. The van der Waals surface area contributed by atoms with Gasteiger partial charge in [-0.25, -0.2) is 0 Å². The van der Waals surface area contributed by atoms with Gasteiger partial charge in [-0.3, -0.25) is 4.68 Å². The van der Waals surface area contributed by atoms with Crippen molar-refractivity contribution >= 4 is 15.9 Å². The second kappa shape index (κ2) is 4.69. The Morgan fingerprint density at radius 2 is 2.33 bits per heavy atom. The molecule has 1 fully saturated rings. The van der Waals surface area contributed by atoms with E-state index < -0.39 is 0 Å². The van der Waals surface area contributed by atoms with Gasteiger partial charge >= 0.3 is 0 Å². The highest BCUT2D eigenvalue weighted by molar-refractivity contribution is 9.09. The summed E-state index contributed by atoms with van der Waals surface area (Å²) < 4.78 is 2.04. The maximum absolute atomic E-state index is 4.29. The lowest BCUT2D eigenvalue weighted by Gasteiger charge is -2.33. The summed E-state index contributed by atoms with van der Waals surface area (Å²) in [5, 5.41) is 4.29. The van der Waals surface area contributed by atoms with Crippen LogP contribution in [0.2, 0.25) is 0 Å². The van der Waals surface area contributed by atoms with Crippen LogP contribution in [0.4, 0.5) is 0 Å². The number of aryl methyl sites for hydroxylation is 1. The first-order chi connectivity index (χ1) is 7.22. The summed E-state index contributed by atoms with van der Waals surface area (Å²) in [5.74, 6) is 1.54. The molecule has 1 aliphatic rings. The van der Waals surface area contributed by atoms with Gasteiger partial charge in [0, 0.05) is 29.7 Å². The van der Waals surface area contributed by atoms with Crippen LogP contribution in [0.5, 0.6) is 0 Å². The summed E-state index contributed by atoms with van der Waals surface area (Å²) >= 11 is 3.77. The Morgan fingerprint density at radius 3 is 2.93 bits per heavy atom. The third kappa shape index (κ3) is 2.27. The zero-order chi connectivity index (χ0) is 10.8. The summed E-state index contributed by atoms with van der Waals surface area (Å²) in [4.78, 5) is 0.695. The molecule has 0 N–H and O–H groups in total. The second-order valence-electron chi connectivity index (χ2n) is 4.56. The van der Waals surface area contributed by atoms with Crippen LogP contribution in [-0.4, -0.2) is 14.6 Å². The Kier molecular flexibility index (Phi) is 3.49. The Bertz CT molecular complexity index is 321. The molecule has 0 aliphatic heterocycles. The second-order valence-corrected chi connectivity index (χ2v) is 5.86. The van der Waals surface area contributed by atoms with E-state index in [1.54, 1.807) is 0 Å². The van der Waals surface area contributed by atoms with E-state index in [1.165, 1.54) is 31.4 Å². The zero-order valence-corrected chi connectivity index (χ0v) is 11.1. The van der Waals surface area contributed by atoms with Gasteiger partial charge in [-0.05, 0) is 31.2 Å². The van der Waals surface area contributed by atoms with E-state index >= 15 is 0 Å². The number of hydrogen-bond donors (Lipinski definition) is 0. The van der Waals surface area contributed by atoms with Crippen molar-refractivity contribution in [3.63, 3.8) is 0 Å². The Morgan fingerprint density at radius 1 is 1.53 bits per heavy atom. The van der Waals surface area contributed by atoms with Gasteiger partial charge in [0.15, 0.2) is 0 Å². The molecule has 0 aromatic carbocycles. The molecule has 0 spiro atoms. The van der Waals surface area contributed by atoms with Gasteiger partial charge in [-0.15, -0.1) is 0 Å². The minimum absolute atomic E-state index is 0.695. The number of hydrogen-bond acceptors (Lipinski definition) is 1. The quantitative estimate of drug-likeness (QED) is 0.753. The molecular weight excluding hydrogens is 252 g/mol. The fourth-order valence-electron chi connectivity index (χ4n) is 2.78. The lowest BCUT2D eigenvalue weighted by molar-refractivity contribution is 0.297. The minimum Gasteiger partial charge on any atom is -0.272 e. The van der Waals surface area contributed by atoms with Gasteiger partial charge in [0.2, 0.25) is 0 Å². The summed E-state index contributed by atoms with van der Waals surface area (Å²) in [6, 6.07) is 2.18. The Balaban J connectivity index is 2.20. The largest absolute Gasteiger partial charge is 0.272 e. The standard InChI is InChI=1S/C12H19BrN2/c1-3-9-4-5-10(13)8-11(9)12-6-7-14-15(12)2/h6-7,9-11H,3-5,8H2,1-2H3. The maximum Gasteiger partial charge on any atom is 0.0492 e. The molecule has 0 radical (unpaired) electrons. The topological polar surface area (TPSA) is 17.8 Å². The van der Waals surface area contributed by atoms with Gasteiger partial charge in [-0.1, -0.05) is 29.3 Å². The Hall–Kier alpha value is -0.310. The van der Waals surface area contributed by atoms with E-state index in [0.29, 0.717) is 10.7 Å². The maximum atomic E-state index is 4.29. The first kappa shape index (κ1) is 11.2. The third-order valence-electron chi connectivity index (χ3n) is 3.69. The summed E-state index contributed by atoms with van der Waals surface area (Å²) in [5.41, 5.74) is 1.41. The van der Waals surface area contributed by atoms with E-state index in [-0.39, 0.29) is 0 Å². The van der Waals surface area contributed by atoms with E-state index in [4.69, 9.17) is 0 Å². The van der Waals surface area contributed by atoms with Gasteiger partial charge in [0.25, 0.3) is 0 Å². The molecule has 3 atom stereocenters. The van der Waals surface area contributed by atoms with Gasteiger partial charge in [0.05, 0.1) is 0 Å². The molecule has 0 amide bonds. The van der Waals surface area contributed by atoms with Crippen LogP contribution >= 0.6 is 15.9 Å². The van der Waals surface area contributed by atoms with Crippen LogP contribution in [-0.2, 0) is 7.05 Å². The van der Waals surface area contributed by atoms with Crippen LogP contribution in [0, 0.1) is 5.92 Å². The van der Waals surface area contributed by atoms with Crippen molar-refractivity contribution in [2.24, 2.45) is 13.0 Å². The number of aromatic nitrogens is 2. The first-order valence-corrected chi connectivity index (χ1v) is 6.76. The van der Waals surface area contributed by atoms with Crippen molar-refractivity contribution in [2.45, 2.75) is 43.4 Å².